The largest absolute Gasteiger partial charge is 0.355 e. The van der Waals surface area contributed by atoms with Crippen LogP contribution in [0, 0.1) is 17.0 Å². The molecule has 0 saturated carbocycles. The van der Waals surface area contributed by atoms with Gasteiger partial charge in [-0.1, -0.05) is 0 Å². The van der Waals surface area contributed by atoms with Crippen molar-refractivity contribution < 1.29 is 4.92 Å². The Morgan fingerprint density at radius 2 is 2.28 bits per heavy atom. The van der Waals surface area contributed by atoms with Gasteiger partial charge in [-0.05, 0) is 19.9 Å². The van der Waals surface area contributed by atoms with Gasteiger partial charge < -0.3 is 5.32 Å². The van der Waals surface area contributed by atoms with Crippen molar-refractivity contribution in [2.24, 2.45) is 0 Å². The van der Waals surface area contributed by atoms with E-state index in [1.165, 1.54) is 12.3 Å². The Balaban J connectivity index is 2.21. The Hall–Kier alpha value is -2.02. The molecule has 0 saturated heterocycles. The van der Waals surface area contributed by atoms with Gasteiger partial charge >= 0.3 is 5.69 Å². The predicted molar refractivity (Wildman–Crippen MR) is 69.8 cm³/mol. The molecule has 0 aliphatic heterocycles. The van der Waals surface area contributed by atoms with Crippen LogP contribution in [0.1, 0.15) is 22.9 Å². The zero-order chi connectivity index (χ0) is 13.1. The Morgan fingerprint density at radius 3 is 2.89 bits per heavy atom. The van der Waals surface area contributed by atoms with Gasteiger partial charge in [-0.2, -0.15) is 0 Å². The molecular formula is C11H12N4O2S. The highest BCUT2D eigenvalue weighted by Crippen LogP contribution is 2.27. The lowest BCUT2D eigenvalue weighted by Crippen LogP contribution is -2.09. The highest BCUT2D eigenvalue weighted by molar-refractivity contribution is 7.11. The molecule has 2 heterocycles. The number of rotatable bonds is 4. The Labute approximate surface area is 108 Å². The van der Waals surface area contributed by atoms with Crippen LogP contribution in [-0.4, -0.2) is 14.9 Å². The van der Waals surface area contributed by atoms with Gasteiger partial charge in [0.2, 0.25) is 5.82 Å². The van der Waals surface area contributed by atoms with Gasteiger partial charge in [0.1, 0.15) is 5.01 Å². The van der Waals surface area contributed by atoms with Crippen LogP contribution < -0.4 is 5.32 Å². The third kappa shape index (κ3) is 2.62. The molecule has 18 heavy (non-hydrogen) atoms. The smallest absolute Gasteiger partial charge is 0.311 e. The minimum Gasteiger partial charge on any atom is -0.355 e. The first-order chi connectivity index (χ1) is 8.58. The summed E-state index contributed by atoms with van der Waals surface area (Å²) in [6.45, 7) is 3.87. The van der Waals surface area contributed by atoms with Crippen molar-refractivity contribution >= 4 is 22.8 Å². The van der Waals surface area contributed by atoms with Crippen LogP contribution in [0.4, 0.5) is 11.5 Å². The quantitative estimate of drug-likeness (QED) is 0.678. The predicted octanol–water partition coefficient (Wildman–Crippen LogP) is 2.93. The van der Waals surface area contributed by atoms with E-state index in [9.17, 15) is 10.1 Å². The van der Waals surface area contributed by atoms with Crippen LogP contribution in [0.25, 0.3) is 0 Å². The molecule has 0 aliphatic rings. The summed E-state index contributed by atoms with van der Waals surface area (Å²) in [5.74, 6) is 0.267. The number of nitrogens with zero attached hydrogens (tertiary/aromatic N) is 3. The highest BCUT2D eigenvalue weighted by atomic mass is 32.1. The van der Waals surface area contributed by atoms with Crippen LogP contribution >= 0.6 is 11.3 Å². The van der Waals surface area contributed by atoms with E-state index in [-0.39, 0.29) is 17.5 Å². The zero-order valence-corrected chi connectivity index (χ0v) is 10.8. The topological polar surface area (TPSA) is 81.0 Å². The van der Waals surface area contributed by atoms with Crippen LogP contribution in [0.2, 0.25) is 0 Å². The highest BCUT2D eigenvalue weighted by Gasteiger charge is 2.17. The van der Waals surface area contributed by atoms with Gasteiger partial charge in [0.25, 0.3) is 0 Å². The second kappa shape index (κ2) is 5.09. The number of thiazole rings is 1. The fourth-order valence-electron chi connectivity index (χ4n) is 1.49. The van der Waals surface area contributed by atoms with E-state index in [1.807, 2.05) is 13.8 Å². The van der Waals surface area contributed by atoms with Crippen LogP contribution in [0.5, 0.6) is 0 Å². The Bertz CT molecular complexity index is 570. The Morgan fingerprint density at radius 1 is 1.50 bits per heavy atom. The molecule has 0 amide bonds. The van der Waals surface area contributed by atoms with E-state index >= 15 is 0 Å². The number of hydrogen-bond donors (Lipinski definition) is 1. The second-order valence-corrected chi connectivity index (χ2v) is 5.07. The lowest BCUT2D eigenvalue weighted by Gasteiger charge is -2.11. The molecule has 2 rings (SSSR count). The molecule has 6 nitrogen and oxygen atoms in total. The van der Waals surface area contributed by atoms with Crippen molar-refractivity contribution in [1.29, 1.82) is 0 Å². The van der Waals surface area contributed by atoms with E-state index in [1.54, 1.807) is 23.6 Å². The lowest BCUT2D eigenvalue weighted by molar-refractivity contribution is -0.384. The Kier molecular flexibility index (Phi) is 3.52. The minimum absolute atomic E-state index is 0.0300. The molecule has 2 aromatic heterocycles. The molecule has 0 bridgehead atoms. The maximum atomic E-state index is 10.9. The van der Waals surface area contributed by atoms with Gasteiger partial charge in [-0.25, -0.2) is 9.97 Å². The standard InChI is InChI=1S/C11H12N4O2S/c1-7-6-13-11(18-7)8(2)14-10-9(15(16)17)4-3-5-12-10/h3-6,8H,1-2H3,(H,12,14). The monoisotopic (exact) mass is 264 g/mol. The van der Waals surface area contributed by atoms with E-state index in [2.05, 4.69) is 15.3 Å². The molecule has 1 atom stereocenters. The first-order valence-corrected chi connectivity index (χ1v) is 6.18. The molecule has 1 N–H and O–H groups in total. The van der Waals surface area contributed by atoms with Crippen molar-refractivity contribution in [2.45, 2.75) is 19.9 Å². The van der Waals surface area contributed by atoms with Gasteiger partial charge in [-0.15, -0.1) is 11.3 Å². The number of nitro groups is 1. The number of aryl methyl sites for hydroxylation is 1. The van der Waals surface area contributed by atoms with E-state index in [0.717, 1.165) is 9.88 Å². The number of anilines is 1. The van der Waals surface area contributed by atoms with Crippen molar-refractivity contribution in [1.82, 2.24) is 9.97 Å². The zero-order valence-electron chi connectivity index (χ0n) is 9.95. The van der Waals surface area contributed by atoms with Crippen LogP contribution in [-0.2, 0) is 0 Å². The normalized spacial score (nSPS) is 12.1. The summed E-state index contributed by atoms with van der Waals surface area (Å²) in [6.07, 6.45) is 3.31. The summed E-state index contributed by atoms with van der Waals surface area (Å²) in [6, 6.07) is 2.86. The third-order valence-corrected chi connectivity index (χ3v) is 3.44. The van der Waals surface area contributed by atoms with Gasteiger partial charge in [0, 0.05) is 23.3 Å². The first-order valence-electron chi connectivity index (χ1n) is 5.36. The van der Waals surface area contributed by atoms with Gasteiger partial charge in [-0.3, -0.25) is 10.1 Å². The second-order valence-electron chi connectivity index (χ2n) is 3.80. The average Bonchev–Trinajstić information content (AvgIpc) is 2.76. The van der Waals surface area contributed by atoms with Gasteiger partial charge in [0.05, 0.1) is 11.0 Å². The maximum Gasteiger partial charge on any atom is 0.311 e. The summed E-state index contributed by atoms with van der Waals surface area (Å²) in [5, 5.41) is 14.8. The molecule has 94 valence electrons. The van der Waals surface area contributed by atoms with Crippen molar-refractivity contribution in [3.05, 3.63) is 44.5 Å². The summed E-state index contributed by atoms with van der Waals surface area (Å²) >= 11 is 1.56. The number of pyridine rings is 1. The fraction of sp³-hybridized carbons (Fsp3) is 0.273. The summed E-state index contributed by atoms with van der Waals surface area (Å²) in [5.41, 5.74) is -0.0300. The van der Waals surface area contributed by atoms with E-state index in [4.69, 9.17) is 0 Å². The molecular weight excluding hydrogens is 252 g/mol. The summed E-state index contributed by atoms with van der Waals surface area (Å²) < 4.78 is 0. The molecule has 2 aromatic rings. The van der Waals surface area contributed by atoms with E-state index in [0.29, 0.717) is 0 Å². The van der Waals surface area contributed by atoms with E-state index < -0.39 is 4.92 Å². The summed E-state index contributed by atoms with van der Waals surface area (Å²) in [7, 11) is 0. The third-order valence-electron chi connectivity index (χ3n) is 2.35. The van der Waals surface area contributed by atoms with Crippen molar-refractivity contribution in [3.8, 4) is 0 Å². The van der Waals surface area contributed by atoms with Crippen LogP contribution in [0.3, 0.4) is 0 Å². The number of nitrogens with one attached hydrogen (secondary N) is 1. The molecule has 7 heteroatoms. The van der Waals surface area contributed by atoms with Crippen molar-refractivity contribution in [3.63, 3.8) is 0 Å². The lowest BCUT2D eigenvalue weighted by atomic mass is 10.3. The minimum atomic E-state index is -0.449. The molecule has 0 aromatic carbocycles. The molecule has 0 radical (unpaired) electrons. The fourth-order valence-corrected chi connectivity index (χ4v) is 2.27. The average molecular weight is 264 g/mol. The molecule has 0 spiro atoms. The summed E-state index contributed by atoms with van der Waals surface area (Å²) in [4.78, 5) is 19.8. The first kappa shape index (κ1) is 12.4. The molecule has 1 unspecified atom stereocenters. The maximum absolute atomic E-state index is 10.9. The van der Waals surface area contributed by atoms with Gasteiger partial charge in [0.15, 0.2) is 0 Å². The van der Waals surface area contributed by atoms with Crippen molar-refractivity contribution in [2.75, 3.05) is 5.32 Å². The SMILES string of the molecule is Cc1cnc(C(C)Nc2ncccc2[N+](=O)[O-])s1. The number of aromatic nitrogens is 2. The molecule has 0 fully saturated rings. The molecule has 0 aliphatic carbocycles. The van der Waals surface area contributed by atoms with Crippen LogP contribution in [0.15, 0.2) is 24.5 Å². The number of hydrogen-bond acceptors (Lipinski definition) is 6.